The van der Waals surface area contributed by atoms with Crippen molar-refractivity contribution >= 4 is 30.5 Å². The Morgan fingerprint density at radius 3 is 1.85 bits per heavy atom. The third-order valence-electron chi connectivity index (χ3n) is 8.91. The second-order valence-corrected chi connectivity index (χ2v) is 19.1. The zero-order chi connectivity index (χ0) is 33.1. The first-order chi connectivity index (χ1) is 22.6. The van der Waals surface area contributed by atoms with Crippen molar-refractivity contribution in [3.8, 4) is 5.75 Å². The van der Waals surface area contributed by atoms with Crippen molar-refractivity contribution in [1.29, 1.82) is 0 Å². The molecule has 47 heavy (non-hydrogen) atoms. The van der Waals surface area contributed by atoms with Crippen LogP contribution in [0.4, 0.5) is 0 Å². The van der Waals surface area contributed by atoms with Crippen LogP contribution in [0, 0.1) is 0 Å². The van der Waals surface area contributed by atoms with Crippen LogP contribution in [0.15, 0.2) is 120 Å². The van der Waals surface area contributed by atoms with E-state index in [0.717, 1.165) is 16.2 Å². The van der Waals surface area contributed by atoms with Gasteiger partial charge in [-0.25, -0.2) is 0 Å². The predicted octanol–water partition coefficient (Wildman–Crippen LogP) is 7.19. The van der Waals surface area contributed by atoms with Crippen LogP contribution < -0.4 is 15.1 Å². The lowest BCUT2D eigenvalue weighted by Crippen LogP contribution is -2.68. The fourth-order valence-corrected chi connectivity index (χ4v) is 12.5. The lowest BCUT2D eigenvalue weighted by atomic mass is 10.00. The minimum absolute atomic E-state index is 0.168. The molecule has 8 heteroatoms. The minimum atomic E-state index is -2.82. The predicted molar refractivity (Wildman–Crippen MR) is 190 cm³/mol. The molecule has 2 saturated heterocycles. The molecule has 248 valence electrons. The second-order valence-electron chi connectivity index (χ2n) is 13.6. The van der Waals surface area contributed by atoms with Crippen molar-refractivity contribution in [2.75, 3.05) is 13.7 Å². The summed E-state index contributed by atoms with van der Waals surface area (Å²) < 4.78 is 39.7. The van der Waals surface area contributed by atoms with E-state index in [0.29, 0.717) is 13.2 Å². The van der Waals surface area contributed by atoms with Gasteiger partial charge in [0.05, 0.1) is 20.3 Å². The molecule has 2 aliphatic rings. The molecule has 0 unspecified atom stereocenters. The first-order valence-electron chi connectivity index (χ1n) is 16.3. The summed E-state index contributed by atoms with van der Waals surface area (Å²) in [6, 6.07) is 39.7. The molecule has 2 aliphatic heterocycles. The van der Waals surface area contributed by atoms with Crippen molar-refractivity contribution in [3.63, 3.8) is 0 Å². The smallest absolute Gasteiger partial charge is 0.261 e. The maximum atomic E-state index is 7.38. The van der Waals surface area contributed by atoms with Gasteiger partial charge in [0.15, 0.2) is 5.79 Å². The molecule has 0 radical (unpaired) electrons. The molecule has 4 aromatic carbocycles. The van der Waals surface area contributed by atoms with Crippen molar-refractivity contribution < 1.29 is 28.1 Å². The van der Waals surface area contributed by atoms with E-state index in [-0.39, 0.29) is 28.8 Å². The number of hydrogen-bond acceptors (Lipinski definition) is 7. The first kappa shape index (κ1) is 33.9. The molecule has 5 atom stereocenters. The van der Waals surface area contributed by atoms with Gasteiger partial charge in [-0.15, -0.1) is 0 Å². The van der Waals surface area contributed by atoms with Crippen LogP contribution in [0.5, 0.6) is 5.75 Å². The molecule has 2 fully saturated rings. The highest BCUT2D eigenvalue weighted by atomic mass is 32.2. The van der Waals surface area contributed by atoms with Gasteiger partial charge in [0, 0.05) is 4.90 Å². The summed E-state index contributed by atoms with van der Waals surface area (Å²) in [6.45, 7) is 11.6. The van der Waals surface area contributed by atoms with Gasteiger partial charge in [-0.05, 0) is 59.1 Å². The SMILES string of the molecule is COc1ccc(CO[C@@H]2[C@H]3OC(C)(C)O[C@H]3[C@@H](CO[Si](c3ccccc3)(c3ccccc3)C(C)(C)C)O[C@H]2Sc2ccccc2)cc1. The topological polar surface area (TPSA) is 55.4 Å². The van der Waals surface area contributed by atoms with Crippen LogP contribution in [0.25, 0.3) is 0 Å². The Labute approximate surface area is 284 Å². The highest BCUT2D eigenvalue weighted by Gasteiger charge is 2.57. The number of methoxy groups -OCH3 is 1. The van der Waals surface area contributed by atoms with Crippen LogP contribution >= 0.6 is 11.8 Å². The zero-order valence-corrected chi connectivity index (χ0v) is 29.9. The fourth-order valence-electron chi connectivity index (χ4n) is 6.76. The fraction of sp³-hybridized carbons (Fsp3) is 0.385. The average Bonchev–Trinajstić information content (AvgIpc) is 3.40. The van der Waals surface area contributed by atoms with E-state index in [1.807, 2.05) is 56.3 Å². The third-order valence-corrected chi connectivity index (χ3v) is 15.1. The molecule has 0 saturated carbocycles. The molecular formula is C39H46O6SSi. The summed E-state index contributed by atoms with van der Waals surface area (Å²) in [5, 5.41) is 2.29. The lowest BCUT2D eigenvalue weighted by molar-refractivity contribution is -0.185. The Hall–Kier alpha value is -2.95. The quantitative estimate of drug-likeness (QED) is 0.157. The maximum Gasteiger partial charge on any atom is 0.261 e. The zero-order valence-electron chi connectivity index (χ0n) is 28.1. The number of fused-ring (bicyclic) bond motifs is 1. The van der Waals surface area contributed by atoms with Gasteiger partial charge < -0.3 is 28.1 Å². The number of ether oxygens (including phenoxy) is 5. The Balaban J connectivity index is 1.33. The van der Waals surface area contributed by atoms with E-state index >= 15 is 0 Å². The van der Waals surface area contributed by atoms with Gasteiger partial charge in [-0.2, -0.15) is 0 Å². The third kappa shape index (κ3) is 7.39. The molecule has 0 spiro atoms. The van der Waals surface area contributed by atoms with Crippen molar-refractivity contribution in [2.24, 2.45) is 0 Å². The van der Waals surface area contributed by atoms with E-state index < -0.39 is 20.2 Å². The molecule has 0 N–H and O–H groups in total. The van der Waals surface area contributed by atoms with E-state index in [4.69, 9.17) is 28.1 Å². The normalized spacial score (nSPS) is 24.1. The summed E-state index contributed by atoms with van der Waals surface area (Å²) in [4.78, 5) is 1.10. The highest BCUT2D eigenvalue weighted by molar-refractivity contribution is 7.99. The Kier molecular flexibility index (Phi) is 10.3. The summed E-state index contributed by atoms with van der Waals surface area (Å²) >= 11 is 1.65. The van der Waals surface area contributed by atoms with E-state index in [1.54, 1.807) is 18.9 Å². The Bertz CT molecular complexity index is 1520. The summed E-state index contributed by atoms with van der Waals surface area (Å²) in [5.74, 6) is 0.00729. The van der Waals surface area contributed by atoms with Crippen LogP contribution in [-0.2, 0) is 30.0 Å². The lowest BCUT2D eigenvalue weighted by Gasteiger charge is -2.46. The molecule has 4 aromatic rings. The standard InChI is InChI=1S/C39H46O6SSi/c1-38(2,3)47(31-18-12-8-13-19-31,32-20-14-9-15-21-32)42-27-33-34-35(45-39(4,5)44-34)36(37(43-33)46-30-16-10-7-11-17-30)41-26-28-22-24-29(40-6)25-23-28/h7-25,33-37H,26-27H2,1-6H3/t33-,34+,35+,36-,37+/m1/s1. The molecule has 0 aliphatic carbocycles. The number of hydrogen-bond donors (Lipinski definition) is 0. The summed E-state index contributed by atoms with van der Waals surface area (Å²) in [7, 11) is -1.15. The Morgan fingerprint density at radius 2 is 1.30 bits per heavy atom. The van der Waals surface area contributed by atoms with Gasteiger partial charge in [0.2, 0.25) is 0 Å². The molecular weight excluding hydrogens is 625 g/mol. The van der Waals surface area contributed by atoms with Crippen LogP contribution in [0.2, 0.25) is 5.04 Å². The van der Waals surface area contributed by atoms with Crippen molar-refractivity contribution in [3.05, 3.63) is 121 Å². The van der Waals surface area contributed by atoms with Gasteiger partial charge >= 0.3 is 0 Å². The molecule has 0 amide bonds. The van der Waals surface area contributed by atoms with Gasteiger partial charge in [0.1, 0.15) is 35.6 Å². The van der Waals surface area contributed by atoms with Crippen LogP contribution in [0.1, 0.15) is 40.2 Å². The second kappa shape index (κ2) is 14.3. The largest absolute Gasteiger partial charge is 0.497 e. The highest BCUT2D eigenvalue weighted by Crippen LogP contribution is 2.44. The summed E-state index contributed by atoms with van der Waals surface area (Å²) in [6.07, 6.45) is -1.51. The average molecular weight is 671 g/mol. The van der Waals surface area contributed by atoms with Gasteiger partial charge in [0.25, 0.3) is 8.32 Å². The molecule has 2 heterocycles. The number of thioether (sulfide) groups is 1. The van der Waals surface area contributed by atoms with Gasteiger partial charge in [-0.3, -0.25) is 0 Å². The maximum absolute atomic E-state index is 7.38. The van der Waals surface area contributed by atoms with Crippen LogP contribution in [-0.4, -0.2) is 57.7 Å². The monoisotopic (exact) mass is 670 g/mol. The Morgan fingerprint density at radius 1 is 0.745 bits per heavy atom. The van der Waals surface area contributed by atoms with E-state index in [9.17, 15) is 0 Å². The number of rotatable bonds is 11. The van der Waals surface area contributed by atoms with Crippen LogP contribution in [0.3, 0.4) is 0 Å². The van der Waals surface area contributed by atoms with Gasteiger partial charge in [-0.1, -0.05) is 124 Å². The molecule has 6 nitrogen and oxygen atoms in total. The van der Waals surface area contributed by atoms with Crippen molar-refractivity contribution in [1.82, 2.24) is 0 Å². The molecule has 0 bridgehead atoms. The van der Waals surface area contributed by atoms with E-state index in [1.165, 1.54) is 10.4 Å². The van der Waals surface area contributed by atoms with E-state index in [2.05, 4.69) is 93.6 Å². The molecule has 6 rings (SSSR count). The summed E-state index contributed by atoms with van der Waals surface area (Å²) in [5.41, 5.74) is 0.684. The number of benzene rings is 4. The minimum Gasteiger partial charge on any atom is -0.497 e. The first-order valence-corrected chi connectivity index (χ1v) is 19.1. The van der Waals surface area contributed by atoms with Crippen molar-refractivity contribution in [2.45, 2.75) is 86.8 Å². The molecule has 0 aromatic heterocycles.